The van der Waals surface area contributed by atoms with Gasteiger partial charge in [0.05, 0.1) is 28.0 Å². The molecule has 3 aromatic rings. The first-order valence-corrected chi connectivity index (χ1v) is 15.5. The van der Waals surface area contributed by atoms with Gasteiger partial charge in [-0.25, -0.2) is 10.2 Å². The van der Waals surface area contributed by atoms with Crippen LogP contribution in [0.25, 0.3) is 0 Å². The zero-order chi connectivity index (χ0) is 32.1. The van der Waals surface area contributed by atoms with Crippen LogP contribution in [-0.4, -0.2) is 56.0 Å². The van der Waals surface area contributed by atoms with E-state index in [0.717, 1.165) is 5.56 Å². The minimum atomic E-state index is -0.966. The highest BCUT2D eigenvalue weighted by molar-refractivity contribution is 14.1. The number of carbonyl (C=O) groups excluding carboxylic acids is 3. The lowest BCUT2D eigenvalue weighted by Crippen LogP contribution is -2.50. The van der Waals surface area contributed by atoms with Crippen LogP contribution in [0.4, 0.5) is 0 Å². The Morgan fingerprint density at radius 2 is 1.70 bits per heavy atom. The standard InChI is InChI=1S/C31H32Cl2IN3O7/c1-4-41-27-15-21(13-24(34)29(27)43-18-28(38)42-5-2)17-35-37-31(40)25(14-20-9-7-6-8-10-20)36-30(39)19(3)44-26-12-11-22(32)16-23(26)33/h6-13,15-17,19,25H,4-5,14,18H2,1-3H3,(H,36,39)(H,37,40)/b35-17-/t19-,25-/m1/s1. The van der Waals surface area contributed by atoms with Gasteiger partial charge in [0.15, 0.2) is 24.2 Å². The molecule has 0 radical (unpaired) electrons. The van der Waals surface area contributed by atoms with Crippen molar-refractivity contribution >= 4 is 69.8 Å². The van der Waals surface area contributed by atoms with Gasteiger partial charge < -0.3 is 24.3 Å². The second-order valence-corrected chi connectivity index (χ2v) is 11.2. The highest BCUT2D eigenvalue weighted by Crippen LogP contribution is 2.34. The topological polar surface area (TPSA) is 125 Å². The van der Waals surface area contributed by atoms with E-state index in [9.17, 15) is 14.4 Å². The number of hydrogen-bond acceptors (Lipinski definition) is 8. The monoisotopic (exact) mass is 755 g/mol. The van der Waals surface area contributed by atoms with Crippen molar-refractivity contribution < 1.29 is 33.3 Å². The summed E-state index contributed by atoms with van der Waals surface area (Å²) in [5, 5.41) is 7.54. The normalized spacial score (nSPS) is 12.2. The molecule has 2 amide bonds. The van der Waals surface area contributed by atoms with Crippen molar-refractivity contribution in [2.75, 3.05) is 19.8 Å². The smallest absolute Gasteiger partial charge is 0.344 e. The third-order valence-electron chi connectivity index (χ3n) is 5.84. The number of hydrogen-bond donors (Lipinski definition) is 2. The van der Waals surface area contributed by atoms with Crippen LogP contribution in [0.2, 0.25) is 10.0 Å². The van der Waals surface area contributed by atoms with E-state index < -0.39 is 29.9 Å². The van der Waals surface area contributed by atoms with Crippen LogP contribution in [0.1, 0.15) is 31.9 Å². The Bertz CT molecular complexity index is 1470. The fourth-order valence-electron chi connectivity index (χ4n) is 3.81. The Kier molecular flexibility index (Phi) is 14.0. The summed E-state index contributed by atoms with van der Waals surface area (Å²) in [6.45, 7) is 5.42. The number of hydrazone groups is 1. The molecule has 0 fully saturated rings. The molecule has 0 aromatic heterocycles. The van der Waals surface area contributed by atoms with Gasteiger partial charge in [-0.2, -0.15) is 5.10 Å². The van der Waals surface area contributed by atoms with E-state index in [1.165, 1.54) is 12.3 Å². The molecule has 0 spiro atoms. The van der Waals surface area contributed by atoms with E-state index in [4.69, 9.17) is 42.1 Å². The first-order valence-electron chi connectivity index (χ1n) is 13.6. The van der Waals surface area contributed by atoms with Crippen molar-refractivity contribution in [2.24, 2.45) is 5.10 Å². The number of halogens is 3. The van der Waals surface area contributed by atoms with Gasteiger partial charge in [-0.3, -0.25) is 9.59 Å². The summed E-state index contributed by atoms with van der Waals surface area (Å²) in [6.07, 6.45) is 0.682. The Labute approximate surface area is 279 Å². The van der Waals surface area contributed by atoms with Crippen LogP contribution in [0, 0.1) is 3.57 Å². The van der Waals surface area contributed by atoms with E-state index in [1.54, 1.807) is 38.1 Å². The number of esters is 1. The molecule has 0 aliphatic heterocycles. The van der Waals surface area contributed by atoms with Gasteiger partial charge in [-0.15, -0.1) is 0 Å². The van der Waals surface area contributed by atoms with Crippen molar-refractivity contribution in [3.05, 3.63) is 85.4 Å². The van der Waals surface area contributed by atoms with E-state index in [2.05, 4.69) is 38.4 Å². The molecule has 234 valence electrons. The van der Waals surface area contributed by atoms with Gasteiger partial charge in [0.1, 0.15) is 11.8 Å². The molecule has 3 aromatic carbocycles. The molecule has 0 aliphatic carbocycles. The highest BCUT2D eigenvalue weighted by atomic mass is 127. The van der Waals surface area contributed by atoms with Crippen LogP contribution in [0.3, 0.4) is 0 Å². The maximum atomic E-state index is 13.2. The fraction of sp³-hybridized carbons (Fsp3) is 0.290. The molecule has 10 nitrogen and oxygen atoms in total. The lowest BCUT2D eigenvalue weighted by atomic mass is 10.1. The minimum absolute atomic E-state index is 0.210. The van der Waals surface area contributed by atoms with Gasteiger partial charge in [0, 0.05) is 11.4 Å². The highest BCUT2D eigenvalue weighted by Gasteiger charge is 2.25. The van der Waals surface area contributed by atoms with Crippen molar-refractivity contribution in [3.63, 3.8) is 0 Å². The SMILES string of the molecule is CCOC(=O)COc1c(I)cc(/C=N\NC(=O)[C@@H](Cc2ccccc2)NC(=O)[C@@H](C)Oc2ccc(Cl)cc2Cl)cc1OCC. The molecule has 0 saturated carbocycles. The molecule has 2 atom stereocenters. The maximum Gasteiger partial charge on any atom is 0.344 e. The van der Waals surface area contributed by atoms with Gasteiger partial charge in [0.2, 0.25) is 0 Å². The van der Waals surface area contributed by atoms with E-state index in [1.807, 2.05) is 37.3 Å². The molecule has 0 aliphatic rings. The molecule has 0 unspecified atom stereocenters. The first-order chi connectivity index (χ1) is 21.1. The molecule has 13 heteroatoms. The summed E-state index contributed by atoms with van der Waals surface area (Å²) in [5.41, 5.74) is 3.94. The first kappa shape index (κ1) is 34.9. The lowest BCUT2D eigenvalue weighted by molar-refractivity contribution is -0.145. The van der Waals surface area contributed by atoms with E-state index >= 15 is 0 Å². The lowest BCUT2D eigenvalue weighted by Gasteiger charge is -2.21. The summed E-state index contributed by atoms with van der Waals surface area (Å²) in [4.78, 5) is 38.0. The molecule has 2 N–H and O–H groups in total. The van der Waals surface area contributed by atoms with Crippen LogP contribution in [-0.2, 0) is 25.5 Å². The third kappa shape index (κ3) is 10.9. The molecule has 44 heavy (non-hydrogen) atoms. The number of benzene rings is 3. The number of rotatable bonds is 15. The molecule has 0 bridgehead atoms. The average molecular weight is 756 g/mol. The molecule has 0 saturated heterocycles. The molecular weight excluding hydrogens is 724 g/mol. The quantitative estimate of drug-likeness (QED) is 0.0899. The number of nitrogens with zero attached hydrogens (tertiary/aromatic N) is 1. The van der Waals surface area contributed by atoms with E-state index in [-0.39, 0.29) is 30.4 Å². The molecule has 3 rings (SSSR count). The maximum absolute atomic E-state index is 13.2. The zero-order valence-electron chi connectivity index (χ0n) is 24.3. The van der Waals surface area contributed by atoms with Gasteiger partial charge >= 0.3 is 5.97 Å². The van der Waals surface area contributed by atoms with Crippen LogP contribution < -0.4 is 25.0 Å². The van der Waals surface area contributed by atoms with Crippen molar-refractivity contribution in [2.45, 2.75) is 39.3 Å². The predicted molar refractivity (Wildman–Crippen MR) is 177 cm³/mol. The summed E-state index contributed by atoms with van der Waals surface area (Å²) in [6, 6.07) is 16.4. The second kappa shape index (κ2) is 17.7. The van der Waals surface area contributed by atoms with Crippen LogP contribution in [0.5, 0.6) is 17.2 Å². The molecular formula is C31H32Cl2IN3O7. The third-order valence-corrected chi connectivity index (χ3v) is 7.17. The Morgan fingerprint density at radius 3 is 2.39 bits per heavy atom. The minimum Gasteiger partial charge on any atom is -0.490 e. The summed E-state index contributed by atoms with van der Waals surface area (Å²) >= 11 is 14.2. The summed E-state index contributed by atoms with van der Waals surface area (Å²) in [7, 11) is 0. The fourth-order valence-corrected chi connectivity index (χ4v) is 5.04. The average Bonchev–Trinajstić information content (AvgIpc) is 2.98. The summed E-state index contributed by atoms with van der Waals surface area (Å²) < 4.78 is 22.6. The van der Waals surface area contributed by atoms with Crippen LogP contribution >= 0.6 is 45.8 Å². The number of ether oxygens (including phenoxy) is 4. The number of amides is 2. The van der Waals surface area contributed by atoms with Crippen molar-refractivity contribution in [1.29, 1.82) is 0 Å². The second-order valence-electron chi connectivity index (χ2n) is 9.18. The van der Waals surface area contributed by atoms with Crippen molar-refractivity contribution in [1.82, 2.24) is 10.7 Å². The molecule has 0 heterocycles. The van der Waals surface area contributed by atoms with Gasteiger partial charge in [-0.1, -0.05) is 53.5 Å². The number of carbonyl (C=O) groups is 3. The Hall–Kier alpha value is -3.55. The van der Waals surface area contributed by atoms with Crippen molar-refractivity contribution in [3.8, 4) is 17.2 Å². The zero-order valence-corrected chi connectivity index (χ0v) is 27.9. The van der Waals surface area contributed by atoms with Crippen LogP contribution in [0.15, 0.2) is 65.8 Å². The predicted octanol–water partition coefficient (Wildman–Crippen LogP) is 5.58. The van der Waals surface area contributed by atoms with E-state index in [0.29, 0.717) is 32.3 Å². The number of nitrogens with one attached hydrogen (secondary N) is 2. The van der Waals surface area contributed by atoms with Gasteiger partial charge in [-0.05, 0) is 84.8 Å². The largest absolute Gasteiger partial charge is 0.490 e. The summed E-state index contributed by atoms with van der Waals surface area (Å²) in [5.74, 6) is -0.476. The van der Waals surface area contributed by atoms with Gasteiger partial charge in [0.25, 0.3) is 11.8 Å². The Balaban J connectivity index is 1.72. The Morgan fingerprint density at radius 1 is 0.955 bits per heavy atom.